The minimum Gasteiger partial charge on any atom is -0.383 e. The van der Waals surface area contributed by atoms with Gasteiger partial charge in [0.1, 0.15) is 0 Å². The van der Waals surface area contributed by atoms with Gasteiger partial charge in [-0.2, -0.15) is 0 Å². The van der Waals surface area contributed by atoms with Crippen LogP contribution >= 0.6 is 0 Å². The molecule has 0 aliphatic rings. The van der Waals surface area contributed by atoms with Gasteiger partial charge in [-0.25, -0.2) is 0 Å². The molecule has 0 saturated carbocycles. The average molecular weight is 264 g/mol. The highest BCUT2D eigenvalue weighted by atomic mass is 16.5. The largest absolute Gasteiger partial charge is 0.383 e. The van der Waals surface area contributed by atoms with E-state index >= 15 is 0 Å². The molecule has 106 valence electrons. The van der Waals surface area contributed by atoms with E-state index in [4.69, 9.17) is 4.74 Å². The molecule has 0 aliphatic heterocycles. The number of hydrogen-bond donors (Lipinski definition) is 1. The summed E-state index contributed by atoms with van der Waals surface area (Å²) >= 11 is 0. The van der Waals surface area contributed by atoms with Crippen molar-refractivity contribution in [3.05, 3.63) is 29.8 Å². The number of carbonyl (C=O) groups is 1. The molecule has 1 aromatic carbocycles. The van der Waals surface area contributed by atoms with Gasteiger partial charge in [0.25, 0.3) is 5.91 Å². The van der Waals surface area contributed by atoms with Crippen molar-refractivity contribution in [3.63, 3.8) is 0 Å². The van der Waals surface area contributed by atoms with Crippen LogP contribution in [0.15, 0.2) is 24.3 Å². The van der Waals surface area contributed by atoms with Gasteiger partial charge in [-0.1, -0.05) is 6.07 Å². The maximum atomic E-state index is 12.2. The first-order valence-corrected chi connectivity index (χ1v) is 6.77. The van der Waals surface area contributed by atoms with Gasteiger partial charge in [-0.05, 0) is 39.0 Å². The van der Waals surface area contributed by atoms with Crippen molar-refractivity contribution < 1.29 is 9.53 Å². The monoisotopic (exact) mass is 264 g/mol. The molecule has 0 saturated heterocycles. The first-order chi connectivity index (χ1) is 9.12. The zero-order valence-corrected chi connectivity index (χ0v) is 12.3. The molecule has 0 aromatic heterocycles. The third kappa shape index (κ3) is 4.56. The third-order valence-electron chi connectivity index (χ3n) is 2.99. The SMILES string of the molecule is CCN(CC)C(=O)c1cccc(NC(C)COC)c1. The van der Waals surface area contributed by atoms with E-state index in [1.165, 1.54) is 0 Å². The molecule has 0 fully saturated rings. The second kappa shape index (κ2) is 7.79. The van der Waals surface area contributed by atoms with Gasteiger partial charge in [0.2, 0.25) is 0 Å². The predicted octanol–water partition coefficient (Wildman–Crippen LogP) is 2.62. The fourth-order valence-electron chi connectivity index (χ4n) is 2.01. The van der Waals surface area contributed by atoms with Crippen molar-refractivity contribution in [2.45, 2.75) is 26.8 Å². The smallest absolute Gasteiger partial charge is 0.253 e. The lowest BCUT2D eigenvalue weighted by atomic mass is 10.1. The summed E-state index contributed by atoms with van der Waals surface area (Å²) in [5.41, 5.74) is 1.67. The average Bonchev–Trinajstić information content (AvgIpc) is 2.40. The van der Waals surface area contributed by atoms with Gasteiger partial charge in [0.05, 0.1) is 6.61 Å². The van der Waals surface area contributed by atoms with Crippen LogP contribution in [0.2, 0.25) is 0 Å². The molecule has 19 heavy (non-hydrogen) atoms. The summed E-state index contributed by atoms with van der Waals surface area (Å²) in [6, 6.07) is 7.83. The number of hydrogen-bond acceptors (Lipinski definition) is 3. The van der Waals surface area contributed by atoms with E-state index in [0.717, 1.165) is 24.3 Å². The molecule has 1 N–H and O–H groups in total. The number of nitrogens with one attached hydrogen (secondary N) is 1. The number of amides is 1. The molecule has 0 bridgehead atoms. The molecule has 1 rings (SSSR count). The predicted molar refractivity (Wildman–Crippen MR) is 78.7 cm³/mol. The standard InChI is InChI=1S/C15H24N2O2/c1-5-17(6-2)15(18)13-8-7-9-14(10-13)16-12(3)11-19-4/h7-10,12,16H,5-6,11H2,1-4H3. The van der Waals surface area contributed by atoms with E-state index in [0.29, 0.717) is 6.61 Å². The van der Waals surface area contributed by atoms with Crippen molar-refractivity contribution in [1.82, 2.24) is 4.90 Å². The molecular weight excluding hydrogens is 240 g/mol. The summed E-state index contributed by atoms with van der Waals surface area (Å²) in [6.45, 7) is 8.12. The van der Waals surface area contributed by atoms with Crippen molar-refractivity contribution in [1.29, 1.82) is 0 Å². The number of anilines is 1. The second-order valence-electron chi connectivity index (χ2n) is 4.56. The van der Waals surface area contributed by atoms with Crippen molar-refractivity contribution in [2.24, 2.45) is 0 Å². The zero-order valence-electron chi connectivity index (χ0n) is 12.3. The lowest BCUT2D eigenvalue weighted by molar-refractivity contribution is 0.0773. The summed E-state index contributed by atoms with van der Waals surface area (Å²) in [6.07, 6.45) is 0. The molecule has 1 aromatic rings. The minimum atomic E-state index is 0.0769. The summed E-state index contributed by atoms with van der Waals surface area (Å²) in [5.74, 6) is 0.0769. The van der Waals surface area contributed by atoms with Gasteiger partial charge in [0, 0.05) is 37.5 Å². The van der Waals surface area contributed by atoms with Crippen molar-refractivity contribution >= 4 is 11.6 Å². The number of rotatable bonds is 7. The van der Waals surface area contributed by atoms with Gasteiger partial charge in [-0.3, -0.25) is 4.79 Å². The summed E-state index contributed by atoms with van der Waals surface area (Å²) in [4.78, 5) is 14.1. The summed E-state index contributed by atoms with van der Waals surface area (Å²) in [7, 11) is 1.68. The van der Waals surface area contributed by atoms with E-state index in [1.807, 2.05) is 49.9 Å². The number of benzene rings is 1. The Bertz CT molecular complexity index is 403. The van der Waals surface area contributed by atoms with E-state index in [9.17, 15) is 4.79 Å². The van der Waals surface area contributed by atoms with Crippen LogP contribution in [0, 0.1) is 0 Å². The highest BCUT2D eigenvalue weighted by molar-refractivity contribution is 5.95. The van der Waals surface area contributed by atoms with E-state index < -0.39 is 0 Å². The molecule has 4 heteroatoms. The van der Waals surface area contributed by atoms with Crippen LogP contribution in [0.1, 0.15) is 31.1 Å². The molecule has 1 atom stereocenters. The first kappa shape index (κ1) is 15.5. The Labute approximate surface area is 115 Å². The van der Waals surface area contributed by atoms with Gasteiger partial charge >= 0.3 is 0 Å². The highest BCUT2D eigenvalue weighted by Gasteiger charge is 2.12. The normalized spacial score (nSPS) is 12.0. The first-order valence-electron chi connectivity index (χ1n) is 6.77. The Morgan fingerprint density at radius 2 is 2.05 bits per heavy atom. The topological polar surface area (TPSA) is 41.6 Å². The van der Waals surface area contributed by atoms with Gasteiger partial charge in [0.15, 0.2) is 0 Å². The fraction of sp³-hybridized carbons (Fsp3) is 0.533. The molecular formula is C15H24N2O2. The Morgan fingerprint density at radius 1 is 1.37 bits per heavy atom. The molecule has 1 amide bonds. The van der Waals surface area contributed by atoms with Crippen molar-refractivity contribution in [2.75, 3.05) is 32.1 Å². The van der Waals surface area contributed by atoms with Crippen LogP contribution < -0.4 is 5.32 Å². The van der Waals surface area contributed by atoms with E-state index in [2.05, 4.69) is 5.32 Å². The van der Waals surface area contributed by atoms with Crippen LogP contribution in [0.4, 0.5) is 5.69 Å². The molecule has 0 spiro atoms. The molecule has 0 radical (unpaired) electrons. The second-order valence-corrected chi connectivity index (χ2v) is 4.56. The Kier molecular flexibility index (Phi) is 6.36. The maximum Gasteiger partial charge on any atom is 0.253 e. The third-order valence-corrected chi connectivity index (χ3v) is 2.99. The summed E-state index contributed by atoms with van der Waals surface area (Å²) < 4.78 is 5.09. The zero-order chi connectivity index (χ0) is 14.3. The fourth-order valence-corrected chi connectivity index (χ4v) is 2.01. The van der Waals surface area contributed by atoms with Crippen molar-refractivity contribution in [3.8, 4) is 0 Å². The highest BCUT2D eigenvalue weighted by Crippen LogP contribution is 2.14. The lowest BCUT2D eigenvalue weighted by Crippen LogP contribution is -2.30. The summed E-state index contributed by atoms with van der Waals surface area (Å²) in [5, 5.41) is 3.32. The number of ether oxygens (including phenoxy) is 1. The molecule has 1 unspecified atom stereocenters. The lowest BCUT2D eigenvalue weighted by Gasteiger charge is -2.20. The molecule has 4 nitrogen and oxygen atoms in total. The number of methoxy groups -OCH3 is 1. The molecule has 0 heterocycles. The minimum absolute atomic E-state index is 0.0769. The Morgan fingerprint density at radius 3 is 2.63 bits per heavy atom. The number of carbonyl (C=O) groups excluding carboxylic acids is 1. The number of nitrogens with zero attached hydrogens (tertiary/aromatic N) is 1. The Balaban J connectivity index is 2.79. The van der Waals surface area contributed by atoms with Crippen LogP contribution in [-0.4, -0.2) is 43.7 Å². The quantitative estimate of drug-likeness (QED) is 0.823. The van der Waals surface area contributed by atoms with Gasteiger partial charge < -0.3 is 15.0 Å². The maximum absolute atomic E-state index is 12.2. The Hall–Kier alpha value is -1.55. The van der Waals surface area contributed by atoms with Crippen LogP contribution in [0.3, 0.4) is 0 Å². The van der Waals surface area contributed by atoms with E-state index in [-0.39, 0.29) is 11.9 Å². The van der Waals surface area contributed by atoms with Crippen LogP contribution in [0.25, 0.3) is 0 Å². The van der Waals surface area contributed by atoms with E-state index in [1.54, 1.807) is 7.11 Å². The molecule has 0 aliphatic carbocycles. The van der Waals surface area contributed by atoms with Gasteiger partial charge in [-0.15, -0.1) is 0 Å². The van der Waals surface area contributed by atoms with Crippen LogP contribution in [0.5, 0.6) is 0 Å². The van der Waals surface area contributed by atoms with Crippen LogP contribution in [-0.2, 0) is 4.74 Å².